The average Bonchev–Trinajstić information content (AvgIpc) is 2.99. The Kier molecular flexibility index (Phi) is 4.12. The molecule has 0 spiro atoms. The van der Waals surface area contributed by atoms with Gasteiger partial charge in [0.05, 0.1) is 11.6 Å². The van der Waals surface area contributed by atoms with E-state index in [2.05, 4.69) is 53.3 Å². The van der Waals surface area contributed by atoms with E-state index in [1.807, 2.05) is 0 Å². The van der Waals surface area contributed by atoms with Crippen LogP contribution in [0.1, 0.15) is 50.3 Å². The third kappa shape index (κ3) is 3.15. The van der Waals surface area contributed by atoms with Crippen LogP contribution in [0.3, 0.4) is 0 Å². The van der Waals surface area contributed by atoms with Gasteiger partial charge in [-0.1, -0.05) is 19.1 Å². The van der Waals surface area contributed by atoms with Gasteiger partial charge >= 0.3 is 0 Å². The highest BCUT2D eigenvalue weighted by Crippen LogP contribution is 2.29. The van der Waals surface area contributed by atoms with Crippen molar-refractivity contribution in [3.63, 3.8) is 0 Å². The van der Waals surface area contributed by atoms with Crippen LogP contribution in [0.5, 0.6) is 0 Å². The molecule has 2 aliphatic rings. The maximum absolute atomic E-state index is 4.90. The monoisotopic (exact) mass is 312 g/mol. The summed E-state index contributed by atoms with van der Waals surface area (Å²) in [5, 5.41) is 9.86. The molecule has 2 fully saturated rings. The molecular weight excluding hydrogens is 284 g/mol. The lowest BCUT2D eigenvalue weighted by Gasteiger charge is -2.28. The average molecular weight is 312 g/mol. The molecule has 2 atom stereocenters. The standard InChI is InChI=1S/C19H28N4/c1-14-3-6-18(20-12-14)15-4-5-16-13-23(21-19(16)11-15)17-7-9-22(2)10-8-17/h4-5,11,13-14,17-18,20H,3,6-10,12H2,1-2H3/t14-,18+/m0/s1. The van der Waals surface area contributed by atoms with Gasteiger partial charge in [-0.2, -0.15) is 5.10 Å². The summed E-state index contributed by atoms with van der Waals surface area (Å²) >= 11 is 0. The van der Waals surface area contributed by atoms with Crippen molar-refractivity contribution in [1.82, 2.24) is 20.0 Å². The SMILES string of the molecule is C[C@H]1CC[C@H](c2ccc3cn(C4CCN(C)CC4)nc3c2)NC1. The molecule has 1 aromatic carbocycles. The highest BCUT2D eigenvalue weighted by Gasteiger charge is 2.21. The van der Waals surface area contributed by atoms with Gasteiger partial charge in [0, 0.05) is 17.6 Å². The largest absolute Gasteiger partial charge is 0.310 e. The van der Waals surface area contributed by atoms with E-state index in [4.69, 9.17) is 5.10 Å². The molecule has 0 radical (unpaired) electrons. The lowest BCUT2D eigenvalue weighted by Crippen LogP contribution is -2.31. The summed E-state index contributed by atoms with van der Waals surface area (Å²) in [6.07, 6.45) is 7.21. The Morgan fingerprint density at radius 1 is 1.13 bits per heavy atom. The lowest BCUT2D eigenvalue weighted by molar-refractivity contribution is 0.213. The number of nitrogens with one attached hydrogen (secondary N) is 1. The predicted octanol–water partition coefficient (Wildman–Crippen LogP) is 3.36. The smallest absolute Gasteiger partial charge is 0.0926 e. The van der Waals surface area contributed by atoms with Gasteiger partial charge in [-0.15, -0.1) is 0 Å². The lowest BCUT2D eigenvalue weighted by atomic mass is 9.92. The number of aromatic nitrogens is 2. The van der Waals surface area contributed by atoms with Crippen molar-refractivity contribution < 1.29 is 0 Å². The Bertz CT molecular complexity index is 641. The van der Waals surface area contributed by atoms with Crippen LogP contribution in [0.15, 0.2) is 24.4 Å². The third-order valence-electron chi connectivity index (χ3n) is 5.67. The van der Waals surface area contributed by atoms with Crippen LogP contribution in [0.25, 0.3) is 10.9 Å². The molecule has 23 heavy (non-hydrogen) atoms. The predicted molar refractivity (Wildman–Crippen MR) is 94.6 cm³/mol. The number of nitrogens with zero attached hydrogens (tertiary/aromatic N) is 3. The van der Waals surface area contributed by atoms with Crippen LogP contribution in [0.4, 0.5) is 0 Å². The summed E-state index contributed by atoms with van der Waals surface area (Å²) in [6, 6.07) is 7.91. The molecule has 0 saturated carbocycles. The molecule has 0 amide bonds. The van der Waals surface area contributed by atoms with Crippen LogP contribution in [-0.4, -0.2) is 41.4 Å². The zero-order valence-electron chi connectivity index (χ0n) is 14.3. The van der Waals surface area contributed by atoms with Crippen LogP contribution < -0.4 is 5.32 Å². The zero-order chi connectivity index (χ0) is 15.8. The van der Waals surface area contributed by atoms with Gasteiger partial charge in [-0.05, 0) is 69.9 Å². The van der Waals surface area contributed by atoms with Gasteiger partial charge in [0.1, 0.15) is 0 Å². The molecule has 0 aliphatic carbocycles. The highest BCUT2D eigenvalue weighted by atomic mass is 15.3. The van der Waals surface area contributed by atoms with Crippen LogP contribution >= 0.6 is 0 Å². The summed E-state index contributed by atoms with van der Waals surface area (Å²) in [6.45, 7) is 5.81. The number of likely N-dealkylation sites (tertiary alicyclic amines) is 1. The molecule has 2 aromatic rings. The molecule has 4 nitrogen and oxygen atoms in total. The van der Waals surface area contributed by atoms with Gasteiger partial charge in [-0.3, -0.25) is 4.68 Å². The Balaban J connectivity index is 1.55. The maximum atomic E-state index is 4.90. The molecule has 4 rings (SSSR count). The van der Waals surface area contributed by atoms with Crippen LogP contribution in [0, 0.1) is 5.92 Å². The number of hydrogen-bond acceptors (Lipinski definition) is 3. The first-order valence-electron chi connectivity index (χ1n) is 9.10. The Labute approximate surface area is 138 Å². The minimum absolute atomic E-state index is 0.504. The first-order valence-corrected chi connectivity index (χ1v) is 9.10. The van der Waals surface area contributed by atoms with Crippen LogP contribution in [0.2, 0.25) is 0 Å². The van der Waals surface area contributed by atoms with E-state index >= 15 is 0 Å². The van der Waals surface area contributed by atoms with Crippen molar-refractivity contribution in [3.05, 3.63) is 30.0 Å². The maximum Gasteiger partial charge on any atom is 0.0926 e. The Morgan fingerprint density at radius 3 is 2.70 bits per heavy atom. The summed E-state index contributed by atoms with van der Waals surface area (Å²) in [5.74, 6) is 0.804. The summed E-state index contributed by atoms with van der Waals surface area (Å²) in [4.78, 5) is 2.41. The number of rotatable bonds is 2. The first-order chi connectivity index (χ1) is 11.2. The third-order valence-corrected chi connectivity index (χ3v) is 5.67. The second-order valence-electron chi connectivity index (χ2n) is 7.61. The normalized spacial score (nSPS) is 27.6. The first kappa shape index (κ1) is 15.2. The minimum Gasteiger partial charge on any atom is -0.310 e. The minimum atomic E-state index is 0.504. The Morgan fingerprint density at radius 2 is 1.96 bits per heavy atom. The second-order valence-corrected chi connectivity index (χ2v) is 7.61. The van der Waals surface area contributed by atoms with E-state index in [1.165, 1.54) is 49.7 Å². The topological polar surface area (TPSA) is 33.1 Å². The molecule has 3 heterocycles. The molecular formula is C19H28N4. The molecule has 1 aromatic heterocycles. The molecule has 2 aliphatic heterocycles. The molecule has 0 unspecified atom stereocenters. The second kappa shape index (κ2) is 6.25. The van der Waals surface area contributed by atoms with E-state index in [0.29, 0.717) is 12.1 Å². The molecule has 2 saturated heterocycles. The van der Waals surface area contributed by atoms with Crippen molar-refractivity contribution in [2.75, 3.05) is 26.7 Å². The number of benzene rings is 1. The van der Waals surface area contributed by atoms with Crippen molar-refractivity contribution in [2.24, 2.45) is 5.92 Å². The van der Waals surface area contributed by atoms with E-state index in [1.54, 1.807) is 0 Å². The molecule has 4 heteroatoms. The molecule has 0 bridgehead atoms. The van der Waals surface area contributed by atoms with Crippen molar-refractivity contribution in [1.29, 1.82) is 0 Å². The zero-order valence-corrected chi connectivity index (χ0v) is 14.3. The molecule has 1 N–H and O–H groups in total. The van der Waals surface area contributed by atoms with Crippen molar-refractivity contribution in [2.45, 2.75) is 44.7 Å². The van der Waals surface area contributed by atoms with Gasteiger partial charge in [0.15, 0.2) is 0 Å². The fourth-order valence-electron chi connectivity index (χ4n) is 4.00. The van der Waals surface area contributed by atoms with Gasteiger partial charge in [0.25, 0.3) is 0 Å². The van der Waals surface area contributed by atoms with Crippen molar-refractivity contribution in [3.8, 4) is 0 Å². The van der Waals surface area contributed by atoms with E-state index in [9.17, 15) is 0 Å². The van der Waals surface area contributed by atoms with E-state index < -0.39 is 0 Å². The van der Waals surface area contributed by atoms with Crippen molar-refractivity contribution >= 4 is 10.9 Å². The van der Waals surface area contributed by atoms with Crippen LogP contribution in [-0.2, 0) is 0 Å². The summed E-state index contributed by atoms with van der Waals surface area (Å²) in [5.41, 5.74) is 2.56. The van der Waals surface area contributed by atoms with E-state index in [0.717, 1.165) is 18.0 Å². The fraction of sp³-hybridized carbons (Fsp3) is 0.632. The van der Waals surface area contributed by atoms with Gasteiger partial charge < -0.3 is 10.2 Å². The number of hydrogen-bond donors (Lipinski definition) is 1. The number of fused-ring (bicyclic) bond motifs is 1. The highest BCUT2D eigenvalue weighted by molar-refractivity contribution is 5.78. The summed E-state index contributed by atoms with van der Waals surface area (Å²) in [7, 11) is 2.21. The molecule has 124 valence electrons. The number of piperidine rings is 2. The quantitative estimate of drug-likeness (QED) is 0.923. The summed E-state index contributed by atoms with van der Waals surface area (Å²) < 4.78 is 2.22. The van der Waals surface area contributed by atoms with Gasteiger partial charge in [-0.25, -0.2) is 0 Å². The fourth-order valence-corrected chi connectivity index (χ4v) is 4.00. The Hall–Kier alpha value is -1.39. The van der Waals surface area contributed by atoms with Gasteiger partial charge in [0.2, 0.25) is 0 Å². The van der Waals surface area contributed by atoms with E-state index in [-0.39, 0.29) is 0 Å².